The van der Waals surface area contributed by atoms with Crippen molar-refractivity contribution < 1.29 is 17.6 Å². The molecule has 0 unspecified atom stereocenters. The van der Waals surface area contributed by atoms with E-state index in [-0.39, 0.29) is 4.90 Å². The van der Waals surface area contributed by atoms with Crippen LogP contribution in [0.25, 0.3) is 0 Å². The van der Waals surface area contributed by atoms with Crippen LogP contribution in [0, 0.1) is 5.82 Å². The molecule has 0 saturated carbocycles. The predicted octanol–water partition coefficient (Wildman–Crippen LogP) is 3.14. The summed E-state index contributed by atoms with van der Waals surface area (Å²) >= 11 is 0. The molecular formula is C22H24FN5O3S. The van der Waals surface area contributed by atoms with E-state index in [0.29, 0.717) is 37.4 Å². The second kappa shape index (κ2) is 10.7. The number of amides is 2. The number of halogens is 1. The summed E-state index contributed by atoms with van der Waals surface area (Å²) in [6.07, 6.45) is 3.99. The molecule has 0 aliphatic heterocycles. The molecule has 0 saturated heterocycles. The van der Waals surface area contributed by atoms with E-state index in [1.165, 1.54) is 36.4 Å². The van der Waals surface area contributed by atoms with E-state index >= 15 is 0 Å². The van der Waals surface area contributed by atoms with E-state index < -0.39 is 26.6 Å². The van der Waals surface area contributed by atoms with Gasteiger partial charge in [-0.15, -0.1) is 0 Å². The number of urea groups is 1. The molecule has 3 rings (SSSR count). The fraction of sp³-hybridized carbons (Fsp3) is 0.182. The molecule has 0 atom stereocenters. The number of hydrogen-bond acceptors (Lipinski definition) is 6. The van der Waals surface area contributed by atoms with Crippen molar-refractivity contribution in [2.45, 2.75) is 22.8 Å². The van der Waals surface area contributed by atoms with E-state index in [2.05, 4.69) is 20.9 Å². The Labute approximate surface area is 186 Å². The average Bonchev–Trinajstić information content (AvgIpc) is 2.79. The van der Waals surface area contributed by atoms with E-state index in [4.69, 9.17) is 5.73 Å². The Balaban J connectivity index is 1.64. The van der Waals surface area contributed by atoms with Crippen LogP contribution in [-0.4, -0.2) is 32.5 Å². The summed E-state index contributed by atoms with van der Waals surface area (Å²) in [6, 6.07) is 12.5. The SMILES string of the molecule is NCCCNc1ccc(S(=O)(=O)c2ccc(NC(=O)NCc3cccnc3)cc2)c(F)c1. The molecule has 2 aromatic carbocycles. The highest BCUT2D eigenvalue weighted by Crippen LogP contribution is 2.26. The third-order valence-electron chi connectivity index (χ3n) is 4.53. The lowest BCUT2D eigenvalue weighted by Gasteiger charge is -2.11. The highest BCUT2D eigenvalue weighted by molar-refractivity contribution is 7.91. The number of rotatable bonds is 9. The summed E-state index contributed by atoms with van der Waals surface area (Å²) in [5.74, 6) is -0.847. The Kier molecular flexibility index (Phi) is 7.74. The number of nitrogens with two attached hydrogens (primary N) is 1. The normalized spacial score (nSPS) is 11.1. The van der Waals surface area contributed by atoms with Gasteiger partial charge in [0, 0.05) is 36.9 Å². The van der Waals surface area contributed by atoms with Crippen LogP contribution in [0.5, 0.6) is 0 Å². The van der Waals surface area contributed by atoms with Gasteiger partial charge in [-0.3, -0.25) is 4.98 Å². The minimum atomic E-state index is -4.06. The molecule has 8 nitrogen and oxygen atoms in total. The second-order valence-corrected chi connectivity index (χ2v) is 8.83. The van der Waals surface area contributed by atoms with E-state index in [0.717, 1.165) is 11.6 Å². The zero-order valence-corrected chi connectivity index (χ0v) is 18.0. The van der Waals surface area contributed by atoms with Crippen molar-refractivity contribution in [3.8, 4) is 0 Å². The van der Waals surface area contributed by atoms with Crippen molar-refractivity contribution >= 4 is 27.2 Å². The lowest BCUT2D eigenvalue weighted by Crippen LogP contribution is -2.28. The summed E-state index contributed by atoms with van der Waals surface area (Å²) in [6.45, 7) is 1.35. The highest BCUT2D eigenvalue weighted by Gasteiger charge is 2.22. The van der Waals surface area contributed by atoms with Crippen LogP contribution in [0.15, 0.2) is 76.8 Å². The lowest BCUT2D eigenvalue weighted by atomic mass is 10.3. The first-order valence-corrected chi connectivity index (χ1v) is 11.4. The number of benzene rings is 2. The molecule has 0 bridgehead atoms. The molecule has 0 spiro atoms. The van der Waals surface area contributed by atoms with Crippen LogP contribution < -0.4 is 21.7 Å². The number of aromatic nitrogens is 1. The minimum Gasteiger partial charge on any atom is -0.385 e. The van der Waals surface area contributed by atoms with Gasteiger partial charge < -0.3 is 21.7 Å². The van der Waals surface area contributed by atoms with Crippen LogP contribution in [0.1, 0.15) is 12.0 Å². The molecule has 2 amide bonds. The minimum absolute atomic E-state index is 0.0819. The monoisotopic (exact) mass is 457 g/mol. The first kappa shape index (κ1) is 23.2. The molecule has 10 heteroatoms. The summed E-state index contributed by atoms with van der Waals surface area (Å²) in [7, 11) is -4.06. The van der Waals surface area contributed by atoms with E-state index in [9.17, 15) is 17.6 Å². The molecule has 32 heavy (non-hydrogen) atoms. The molecule has 5 N–H and O–H groups in total. The molecule has 3 aromatic rings. The number of hydrogen-bond donors (Lipinski definition) is 4. The zero-order valence-electron chi connectivity index (χ0n) is 17.2. The first-order chi connectivity index (χ1) is 15.4. The number of carbonyl (C=O) groups is 1. The summed E-state index contributed by atoms with van der Waals surface area (Å²) < 4.78 is 40.2. The highest BCUT2D eigenvalue weighted by atomic mass is 32.2. The molecular weight excluding hydrogens is 433 g/mol. The van der Waals surface area contributed by atoms with Gasteiger partial charge >= 0.3 is 6.03 Å². The number of anilines is 2. The Morgan fingerprint density at radius 1 is 1.06 bits per heavy atom. The topological polar surface area (TPSA) is 126 Å². The molecule has 0 aliphatic carbocycles. The van der Waals surface area contributed by atoms with Gasteiger partial charge in [0.2, 0.25) is 9.84 Å². The van der Waals surface area contributed by atoms with Gasteiger partial charge in [-0.2, -0.15) is 0 Å². The number of pyridine rings is 1. The molecule has 0 radical (unpaired) electrons. The largest absolute Gasteiger partial charge is 0.385 e. The van der Waals surface area contributed by atoms with Gasteiger partial charge in [-0.25, -0.2) is 17.6 Å². The summed E-state index contributed by atoms with van der Waals surface area (Å²) in [5.41, 5.74) is 7.14. The summed E-state index contributed by atoms with van der Waals surface area (Å²) in [5, 5.41) is 8.28. The quantitative estimate of drug-likeness (QED) is 0.366. The van der Waals surface area contributed by atoms with Gasteiger partial charge in [0.15, 0.2) is 0 Å². The Morgan fingerprint density at radius 2 is 1.81 bits per heavy atom. The van der Waals surface area contributed by atoms with Gasteiger partial charge in [0.25, 0.3) is 0 Å². The van der Waals surface area contributed by atoms with E-state index in [1.54, 1.807) is 18.5 Å². The van der Waals surface area contributed by atoms with Crippen LogP contribution in [-0.2, 0) is 16.4 Å². The number of nitrogens with one attached hydrogen (secondary N) is 3. The average molecular weight is 458 g/mol. The second-order valence-electron chi connectivity index (χ2n) is 6.91. The summed E-state index contributed by atoms with van der Waals surface area (Å²) in [4.78, 5) is 15.5. The van der Waals surface area contributed by atoms with E-state index in [1.807, 2.05) is 6.07 Å². The smallest absolute Gasteiger partial charge is 0.319 e. The van der Waals surface area contributed by atoms with Crippen LogP contribution in [0.3, 0.4) is 0 Å². The van der Waals surface area contributed by atoms with Gasteiger partial charge in [0.05, 0.1) is 4.90 Å². The molecule has 0 fully saturated rings. The zero-order chi connectivity index (χ0) is 23.0. The van der Waals surface area contributed by atoms with Crippen molar-refractivity contribution in [3.05, 3.63) is 78.4 Å². The third-order valence-corrected chi connectivity index (χ3v) is 6.33. The van der Waals surface area contributed by atoms with Crippen molar-refractivity contribution in [3.63, 3.8) is 0 Å². The van der Waals surface area contributed by atoms with Crippen molar-refractivity contribution in [1.82, 2.24) is 10.3 Å². The fourth-order valence-corrected chi connectivity index (χ4v) is 4.18. The number of carbonyl (C=O) groups excluding carboxylic acids is 1. The molecule has 1 aromatic heterocycles. The van der Waals surface area contributed by atoms with Crippen LogP contribution in [0.4, 0.5) is 20.6 Å². The van der Waals surface area contributed by atoms with Gasteiger partial charge in [0.1, 0.15) is 10.7 Å². The Hall–Kier alpha value is -3.50. The fourth-order valence-electron chi connectivity index (χ4n) is 2.87. The van der Waals surface area contributed by atoms with Gasteiger partial charge in [-0.05, 0) is 67.1 Å². The Morgan fingerprint density at radius 3 is 2.47 bits per heavy atom. The maximum atomic E-state index is 14.5. The third kappa shape index (κ3) is 6.02. The van der Waals surface area contributed by atoms with Crippen LogP contribution >= 0.6 is 0 Å². The lowest BCUT2D eigenvalue weighted by molar-refractivity contribution is 0.251. The first-order valence-electron chi connectivity index (χ1n) is 9.92. The molecule has 0 aliphatic rings. The van der Waals surface area contributed by atoms with Crippen molar-refractivity contribution in [2.75, 3.05) is 23.7 Å². The van der Waals surface area contributed by atoms with Crippen LogP contribution in [0.2, 0.25) is 0 Å². The maximum Gasteiger partial charge on any atom is 0.319 e. The molecule has 168 valence electrons. The Bertz CT molecular complexity index is 1160. The molecule has 1 heterocycles. The number of sulfone groups is 1. The van der Waals surface area contributed by atoms with Gasteiger partial charge in [-0.1, -0.05) is 6.07 Å². The van der Waals surface area contributed by atoms with Crippen molar-refractivity contribution in [2.24, 2.45) is 5.73 Å². The maximum absolute atomic E-state index is 14.5. The predicted molar refractivity (Wildman–Crippen MR) is 121 cm³/mol. The standard InChI is InChI=1S/C22H24FN5O3S/c23-20-13-18(26-12-2-10-24)6-9-21(20)32(30,31)19-7-4-17(5-8-19)28-22(29)27-15-16-3-1-11-25-14-16/h1,3-9,11,13-14,26H,2,10,12,15,24H2,(H2,27,28,29). The number of nitrogens with zero attached hydrogens (tertiary/aromatic N) is 1. The van der Waals surface area contributed by atoms with Crippen molar-refractivity contribution in [1.29, 1.82) is 0 Å².